The first-order valence-corrected chi connectivity index (χ1v) is 6.10. The van der Waals surface area contributed by atoms with Crippen molar-refractivity contribution in [2.24, 2.45) is 5.73 Å². The lowest BCUT2D eigenvalue weighted by Crippen LogP contribution is -2.45. The quantitative estimate of drug-likeness (QED) is 0.236. The summed E-state index contributed by atoms with van der Waals surface area (Å²) in [7, 11) is 1.11. The summed E-state index contributed by atoms with van der Waals surface area (Å²) in [6.45, 7) is -1.28. The lowest BCUT2D eigenvalue weighted by Gasteiger charge is -2.15. The molecule has 1 unspecified atom stereocenters. The number of amides is 1. The molecule has 0 saturated carbocycles. The molecule has 11 nitrogen and oxygen atoms in total. The molecule has 0 spiro atoms. The van der Waals surface area contributed by atoms with Crippen LogP contribution in [0.5, 0.6) is 0 Å². The maximum atomic E-state index is 11.6. The molecule has 128 valence electrons. The Morgan fingerprint density at radius 2 is 1.74 bits per heavy atom. The highest BCUT2D eigenvalue weighted by molar-refractivity contribution is 5.91. The van der Waals surface area contributed by atoms with Gasteiger partial charge in [0.15, 0.2) is 0 Å². The van der Waals surface area contributed by atoms with E-state index in [2.05, 4.69) is 14.2 Å². The third-order valence-corrected chi connectivity index (χ3v) is 2.14. The molecule has 0 radical (unpaired) electrons. The summed E-state index contributed by atoms with van der Waals surface area (Å²) in [5, 5.41) is 10.7. The molecule has 0 saturated heterocycles. The summed E-state index contributed by atoms with van der Waals surface area (Å²) in [4.78, 5) is 55.1. The van der Waals surface area contributed by atoms with Crippen molar-refractivity contribution in [3.8, 4) is 0 Å². The van der Waals surface area contributed by atoms with Crippen LogP contribution < -0.4 is 11.1 Å². The van der Waals surface area contributed by atoms with Crippen molar-refractivity contribution in [3.63, 3.8) is 0 Å². The molecular weight excluding hydrogens is 316 g/mol. The molecule has 0 heterocycles. The molecular formula is C12H16N2O9. The molecule has 0 bridgehead atoms. The average Bonchev–Trinajstić information content (AvgIpc) is 2.50. The van der Waals surface area contributed by atoms with Crippen LogP contribution in [-0.4, -0.2) is 61.4 Å². The SMILES string of the molecule is COC(=O)/C=C/C(=O)OCOC(=O)C(CC(=O)O)NC(=O)CN. The third kappa shape index (κ3) is 9.57. The molecule has 0 aromatic rings. The van der Waals surface area contributed by atoms with Gasteiger partial charge in [-0.1, -0.05) is 0 Å². The first kappa shape index (κ1) is 20.1. The van der Waals surface area contributed by atoms with Crippen molar-refractivity contribution in [1.29, 1.82) is 0 Å². The second-order valence-electron chi connectivity index (χ2n) is 3.82. The van der Waals surface area contributed by atoms with Crippen molar-refractivity contribution < 1.29 is 43.3 Å². The van der Waals surface area contributed by atoms with Gasteiger partial charge in [0.1, 0.15) is 6.04 Å². The van der Waals surface area contributed by atoms with Crippen molar-refractivity contribution in [3.05, 3.63) is 12.2 Å². The Morgan fingerprint density at radius 1 is 1.13 bits per heavy atom. The summed E-state index contributed by atoms with van der Waals surface area (Å²) in [6, 6.07) is -1.48. The number of esters is 3. The molecule has 0 fully saturated rings. The fourth-order valence-corrected chi connectivity index (χ4v) is 1.12. The minimum Gasteiger partial charge on any atom is -0.481 e. The van der Waals surface area contributed by atoms with Crippen LogP contribution in [0.15, 0.2) is 12.2 Å². The zero-order valence-corrected chi connectivity index (χ0v) is 12.1. The van der Waals surface area contributed by atoms with E-state index in [0.29, 0.717) is 0 Å². The number of rotatable bonds is 9. The number of aliphatic carboxylic acids is 1. The molecule has 11 heteroatoms. The van der Waals surface area contributed by atoms with E-state index in [1.165, 1.54) is 0 Å². The van der Waals surface area contributed by atoms with Crippen LogP contribution >= 0.6 is 0 Å². The highest BCUT2D eigenvalue weighted by Gasteiger charge is 2.25. The molecule has 4 N–H and O–H groups in total. The van der Waals surface area contributed by atoms with Crippen LogP contribution in [0, 0.1) is 0 Å². The predicted molar refractivity (Wildman–Crippen MR) is 71.4 cm³/mol. The lowest BCUT2D eigenvalue weighted by atomic mass is 10.2. The monoisotopic (exact) mass is 332 g/mol. The van der Waals surface area contributed by atoms with E-state index in [9.17, 15) is 24.0 Å². The molecule has 0 aliphatic rings. The Balaban J connectivity index is 4.38. The Labute approximate surface area is 130 Å². The molecule has 23 heavy (non-hydrogen) atoms. The fourth-order valence-electron chi connectivity index (χ4n) is 1.12. The Hall–Kier alpha value is -2.95. The maximum Gasteiger partial charge on any atom is 0.333 e. The van der Waals surface area contributed by atoms with Gasteiger partial charge in [-0.25, -0.2) is 14.4 Å². The normalized spacial score (nSPS) is 11.4. The first-order chi connectivity index (χ1) is 10.8. The highest BCUT2D eigenvalue weighted by atomic mass is 16.7. The van der Waals surface area contributed by atoms with E-state index >= 15 is 0 Å². The molecule has 0 aliphatic carbocycles. The number of carbonyl (C=O) groups excluding carboxylic acids is 4. The minimum absolute atomic E-state index is 0.448. The van der Waals surface area contributed by atoms with E-state index in [1.807, 2.05) is 5.32 Å². The summed E-state index contributed by atoms with van der Waals surface area (Å²) >= 11 is 0. The van der Waals surface area contributed by atoms with Gasteiger partial charge in [-0.15, -0.1) is 0 Å². The molecule has 1 amide bonds. The van der Waals surface area contributed by atoms with Gasteiger partial charge < -0.3 is 30.4 Å². The first-order valence-electron chi connectivity index (χ1n) is 6.10. The van der Waals surface area contributed by atoms with Crippen molar-refractivity contribution in [2.75, 3.05) is 20.4 Å². The summed E-state index contributed by atoms with van der Waals surface area (Å²) in [6.07, 6.45) is 0.796. The Bertz CT molecular complexity index is 501. The second-order valence-corrected chi connectivity index (χ2v) is 3.82. The van der Waals surface area contributed by atoms with Gasteiger partial charge in [0.25, 0.3) is 0 Å². The summed E-state index contributed by atoms with van der Waals surface area (Å²) in [5.41, 5.74) is 5.03. The van der Waals surface area contributed by atoms with Crippen LogP contribution in [0.4, 0.5) is 0 Å². The average molecular weight is 332 g/mol. The van der Waals surface area contributed by atoms with Gasteiger partial charge in [-0.3, -0.25) is 9.59 Å². The Kier molecular flexibility index (Phi) is 9.35. The fraction of sp³-hybridized carbons (Fsp3) is 0.417. The van der Waals surface area contributed by atoms with Gasteiger partial charge >= 0.3 is 23.9 Å². The van der Waals surface area contributed by atoms with E-state index in [0.717, 1.165) is 19.3 Å². The van der Waals surface area contributed by atoms with Crippen LogP contribution in [0.2, 0.25) is 0 Å². The highest BCUT2D eigenvalue weighted by Crippen LogP contribution is 1.97. The van der Waals surface area contributed by atoms with Crippen LogP contribution in [-0.2, 0) is 38.2 Å². The van der Waals surface area contributed by atoms with E-state index in [-0.39, 0.29) is 0 Å². The van der Waals surface area contributed by atoms with Gasteiger partial charge in [0.05, 0.1) is 20.1 Å². The smallest absolute Gasteiger partial charge is 0.333 e. The number of methoxy groups -OCH3 is 1. The number of ether oxygens (including phenoxy) is 3. The number of nitrogens with one attached hydrogen (secondary N) is 1. The number of carboxylic acids is 1. The third-order valence-electron chi connectivity index (χ3n) is 2.14. The Morgan fingerprint density at radius 3 is 2.26 bits per heavy atom. The van der Waals surface area contributed by atoms with Gasteiger partial charge in [0, 0.05) is 12.2 Å². The maximum absolute atomic E-state index is 11.6. The topological polar surface area (TPSA) is 171 Å². The van der Waals surface area contributed by atoms with Crippen LogP contribution in [0.1, 0.15) is 6.42 Å². The van der Waals surface area contributed by atoms with E-state index in [4.69, 9.17) is 10.8 Å². The molecule has 0 aromatic carbocycles. The second kappa shape index (κ2) is 10.7. The molecule has 0 aromatic heterocycles. The number of carbonyl (C=O) groups is 5. The van der Waals surface area contributed by atoms with E-state index in [1.54, 1.807) is 0 Å². The number of nitrogens with two attached hydrogens (primary N) is 1. The molecule has 0 aliphatic heterocycles. The van der Waals surface area contributed by atoms with E-state index < -0.39 is 55.6 Å². The van der Waals surface area contributed by atoms with Crippen LogP contribution in [0.3, 0.4) is 0 Å². The number of hydrogen-bond donors (Lipinski definition) is 3. The van der Waals surface area contributed by atoms with Gasteiger partial charge in [0.2, 0.25) is 12.7 Å². The lowest BCUT2D eigenvalue weighted by molar-refractivity contribution is -0.167. The van der Waals surface area contributed by atoms with Crippen molar-refractivity contribution in [1.82, 2.24) is 5.32 Å². The minimum atomic E-state index is -1.48. The summed E-state index contributed by atoms with van der Waals surface area (Å²) in [5.74, 6) is -5.03. The summed E-state index contributed by atoms with van der Waals surface area (Å²) < 4.78 is 13.2. The predicted octanol–water partition coefficient (Wildman–Crippen LogP) is -2.32. The van der Waals surface area contributed by atoms with Gasteiger partial charge in [-0.2, -0.15) is 0 Å². The largest absolute Gasteiger partial charge is 0.481 e. The van der Waals surface area contributed by atoms with Crippen molar-refractivity contribution >= 4 is 29.8 Å². The molecule has 1 atom stereocenters. The zero-order valence-electron chi connectivity index (χ0n) is 12.1. The number of carboxylic acid groups (broad SMARTS) is 1. The van der Waals surface area contributed by atoms with Crippen molar-refractivity contribution in [2.45, 2.75) is 12.5 Å². The number of hydrogen-bond acceptors (Lipinski definition) is 9. The van der Waals surface area contributed by atoms with Crippen LogP contribution in [0.25, 0.3) is 0 Å². The zero-order chi connectivity index (χ0) is 17.8. The standard InChI is InChI=1S/C12H16N2O9/c1-21-10(18)2-3-11(19)22-6-23-12(20)7(4-9(16)17)14-8(15)5-13/h2-3,7H,4-6,13H2,1H3,(H,14,15)(H,16,17)/b3-2+. The molecule has 0 rings (SSSR count). The van der Waals surface area contributed by atoms with Gasteiger partial charge in [-0.05, 0) is 0 Å².